The van der Waals surface area contributed by atoms with Gasteiger partial charge in [0.05, 0.1) is 11.7 Å². The maximum atomic E-state index is 4.68. The van der Waals surface area contributed by atoms with Crippen LogP contribution in [0.5, 0.6) is 0 Å². The number of nitrogens with one attached hydrogen (secondary N) is 1. The topological polar surface area (TPSA) is 24.9 Å². The molecule has 0 bridgehead atoms. The van der Waals surface area contributed by atoms with Crippen LogP contribution in [0.25, 0.3) is 0 Å². The van der Waals surface area contributed by atoms with E-state index in [1.54, 1.807) is 0 Å². The van der Waals surface area contributed by atoms with Crippen molar-refractivity contribution in [3.63, 3.8) is 0 Å². The van der Waals surface area contributed by atoms with Gasteiger partial charge in [0.15, 0.2) is 0 Å². The summed E-state index contributed by atoms with van der Waals surface area (Å²) in [4.78, 5) is 6.01. The van der Waals surface area contributed by atoms with Crippen LogP contribution in [-0.4, -0.2) is 12.0 Å². The molecule has 0 aliphatic rings. The second-order valence-electron chi connectivity index (χ2n) is 5.08. The number of aromatic nitrogens is 1. The van der Waals surface area contributed by atoms with Gasteiger partial charge in [-0.05, 0) is 38.8 Å². The monoisotopic (exact) mass is 274 g/mol. The van der Waals surface area contributed by atoms with E-state index in [1.807, 2.05) is 18.4 Å². The molecule has 1 aromatic heterocycles. The maximum Gasteiger partial charge on any atom is 0.110 e. The zero-order valence-corrected chi connectivity index (χ0v) is 12.9. The molecule has 2 unspecified atom stereocenters. The smallest absolute Gasteiger partial charge is 0.110 e. The van der Waals surface area contributed by atoms with Gasteiger partial charge in [-0.2, -0.15) is 0 Å². The van der Waals surface area contributed by atoms with Crippen molar-refractivity contribution in [2.24, 2.45) is 0 Å². The Morgan fingerprint density at radius 1 is 1.21 bits per heavy atom. The van der Waals surface area contributed by atoms with Crippen LogP contribution in [0, 0.1) is 13.8 Å². The van der Waals surface area contributed by atoms with Gasteiger partial charge in [-0.15, -0.1) is 11.3 Å². The lowest BCUT2D eigenvalue weighted by molar-refractivity contribution is 0.499. The van der Waals surface area contributed by atoms with E-state index in [2.05, 4.69) is 61.4 Å². The fourth-order valence-electron chi connectivity index (χ4n) is 2.26. The third-order valence-corrected chi connectivity index (χ3v) is 4.84. The van der Waals surface area contributed by atoms with Gasteiger partial charge in [0.2, 0.25) is 0 Å². The third kappa shape index (κ3) is 3.43. The quantitative estimate of drug-likeness (QED) is 0.883. The summed E-state index contributed by atoms with van der Waals surface area (Å²) in [7, 11) is 2.02. The van der Waals surface area contributed by atoms with Crippen molar-refractivity contribution in [2.75, 3.05) is 7.05 Å². The molecular weight excluding hydrogens is 252 g/mol. The number of rotatable bonds is 5. The summed E-state index contributed by atoms with van der Waals surface area (Å²) < 4.78 is 0. The largest absolute Gasteiger partial charge is 0.311 e. The number of hydrogen-bond donors (Lipinski definition) is 1. The standard InChI is InChI=1S/C16H22N2S/c1-11(14-8-6-5-7-9-14)10-15(17-4)16-18-12(2)13(3)19-16/h5-9,11,15,17H,10H2,1-4H3. The summed E-state index contributed by atoms with van der Waals surface area (Å²) in [6, 6.07) is 11.0. The molecule has 1 heterocycles. The highest BCUT2D eigenvalue weighted by Gasteiger charge is 2.18. The number of thiazole rings is 1. The molecular formula is C16H22N2S. The van der Waals surface area contributed by atoms with Crippen LogP contribution in [0.4, 0.5) is 0 Å². The Morgan fingerprint density at radius 3 is 2.42 bits per heavy atom. The summed E-state index contributed by atoms with van der Waals surface area (Å²) in [6.07, 6.45) is 1.08. The summed E-state index contributed by atoms with van der Waals surface area (Å²) in [6.45, 7) is 6.51. The van der Waals surface area contributed by atoms with Crippen LogP contribution in [0.3, 0.4) is 0 Å². The van der Waals surface area contributed by atoms with E-state index in [1.165, 1.54) is 15.4 Å². The van der Waals surface area contributed by atoms with Crippen LogP contribution >= 0.6 is 11.3 Å². The second-order valence-corrected chi connectivity index (χ2v) is 6.32. The summed E-state index contributed by atoms with van der Waals surface area (Å²) in [5, 5.41) is 4.62. The minimum atomic E-state index is 0.340. The molecule has 0 aliphatic carbocycles. The van der Waals surface area contributed by atoms with E-state index in [0.29, 0.717) is 12.0 Å². The van der Waals surface area contributed by atoms with E-state index in [0.717, 1.165) is 12.1 Å². The highest BCUT2D eigenvalue weighted by atomic mass is 32.1. The third-order valence-electron chi connectivity index (χ3n) is 3.65. The lowest BCUT2D eigenvalue weighted by Gasteiger charge is -2.19. The molecule has 2 nitrogen and oxygen atoms in total. The normalized spacial score (nSPS) is 14.3. The van der Waals surface area contributed by atoms with E-state index in [9.17, 15) is 0 Å². The molecule has 2 atom stereocenters. The van der Waals surface area contributed by atoms with Gasteiger partial charge in [-0.3, -0.25) is 0 Å². The van der Waals surface area contributed by atoms with Gasteiger partial charge < -0.3 is 5.32 Å². The highest BCUT2D eigenvalue weighted by molar-refractivity contribution is 7.11. The second kappa shape index (κ2) is 6.31. The number of hydrogen-bond acceptors (Lipinski definition) is 3. The van der Waals surface area contributed by atoms with Crippen molar-refractivity contribution in [3.05, 3.63) is 51.5 Å². The first-order valence-electron chi connectivity index (χ1n) is 6.78. The molecule has 3 heteroatoms. The van der Waals surface area contributed by atoms with Crippen molar-refractivity contribution in [1.82, 2.24) is 10.3 Å². The minimum absolute atomic E-state index is 0.340. The van der Waals surface area contributed by atoms with Crippen molar-refractivity contribution in [3.8, 4) is 0 Å². The number of aryl methyl sites for hydroxylation is 2. The fourth-order valence-corrected chi connectivity index (χ4v) is 3.31. The molecule has 0 aliphatic heterocycles. The molecule has 0 spiro atoms. The molecule has 1 N–H and O–H groups in total. The summed E-state index contributed by atoms with van der Waals surface area (Å²) in [5.74, 6) is 0.531. The van der Waals surface area contributed by atoms with Crippen LogP contribution in [0.1, 0.15) is 46.4 Å². The molecule has 2 rings (SSSR count). The molecule has 2 aromatic rings. The summed E-state index contributed by atoms with van der Waals surface area (Å²) in [5.41, 5.74) is 2.56. The average molecular weight is 274 g/mol. The first kappa shape index (κ1) is 14.2. The predicted molar refractivity (Wildman–Crippen MR) is 82.9 cm³/mol. The molecule has 1 aromatic carbocycles. The Balaban J connectivity index is 2.11. The fraction of sp³-hybridized carbons (Fsp3) is 0.438. The number of nitrogens with zero attached hydrogens (tertiary/aromatic N) is 1. The Hall–Kier alpha value is -1.19. The predicted octanol–water partition coefficient (Wildman–Crippen LogP) is 4.21. The van der Waals surface area contributed by atoms with Crippen molar-refractivity contribution < 1.29 is 0 Å². The first-order valence-corrected chi connectivity index (χ1v) is 7.59. The van der Waals surface area contributed by atoms with Crippen molar-refractivity contribution in [1.29, 1.82) is 0 Å². The lowest BCUT2D eigenvalue weighted by Crippen LogP contribution is -2.18. The zero-order chi connectivity index (χ0) is 13.8. The van der Waals surface area contributed by atoms with E-state index < -0.39 is 0 Å². The van der Waals surface area contributed by atoms with E-state index in [-0.39, 0.29) is 0 Å². The van der Waals surface area contributed by atoms with Crippen LogP contribution in [0.2, 0.25) is 0 Å². The minimum Gasteiger partial charge on any atom is -0.311 e. The van der Waals surface area contributed by atoms with Crippen LogP contribution in [-0.2, 0) is 0 Å². The average Bonchev–Trinajstić information content (AvgIpc) is 2.76. The molecule has 0 amide bonds. The Kier molecular flexibility index (Phi) is 4.72. The Bertz CT molecular complexity index is 499. The molecule has 102 valence electrons. The zero-order valence-electron chi connectivity index (χ0n) is 12.1. The highest BCUT2D eigenvalue weighted by Crippen LogP contribution is 2.30. The number of benzene rings is 1. The molecule has 0 saturated carbocycles. The van der Waals surface area contributed by atoms with Gasteiger partial charge in [-0.1, -0.05) is 37.3 Å². The van der Waals surface area contributed by atoms with Crippen LogP contribution < -0.4 is 5.32 Å². The van der Waals surface area contributed by atoms with Crippen molar-refractivity contribution >= 4 is 11.3 Å². The van der Waals surface area contributed by atoms with Gasteiger partial charge in [0.1, 0.15) is 5.01 Å². The maximum absolute atomic E-state index is 4.68. The van der Waals surface area contributed by atoms with E-state index in [4.69, 9.17) is 0 Å². The molecule has 0 radical (unpaired) electrons. The first-order chi connectivity index (χ1) is 9.11. The van der Waals surface area contributed by atoms with Crippen molar-refractivity contribution in [2.45, 2.75) is 39.2 Å². The molecule has 19 heavy (non-hydrogen) atoms. The lowest BCUT2D eigenvalue weighted by atomic mass is 9.94. The SMILES string of the molecule is CNC(CC(C)c1ccccc1)c1nc(C)c(C)s1. The van der Waals surface area contributed by atoms with Gasteiger partial charge >= 0.3 is 0 Å². The van der Waals surface area contributed by atoms with Gasteiger partial charge in [0, 0.05) is 4.88 Å². The Labute approximate surface area is 119 Å². The summed E-state index contributed by atoms with van der Waals surface area (Å²) >= 11 is 1.81. The van der Waals surface area contributed by atoms with Crippen LogP contribution in [0.15, 0.2) is 30.3 Å². The van der Waals surface area contributed by atoms with Gasteiger partial charge in [0.25, 0.3) is 0 Å². The molecule has 0 fully saturated rings. The molecule has 0 saturated heterocycles. The van der Waals surface area contributed by atoms with E-state index >= 15 is 0 Å². The van der Waals surface area contributed by atoms with Gasteiger partial charge in [-0.25, -0.2) is 4.98 Å². The Morgan fingerprint density at radius 2 is 1.89 bits per heavy atom.